The van der Waals surface area contributed by atoms with Crippen LogP contribution in [0.25, 0.3) is 0 Å². The summed E-state index contributed by atoms with van der Waals surface area (Å²) in [5.74, 6) is 0.338. The van der Waals surface area contributed by atoms with E-state index in [0.29, 0.717) is 16.5 Å². The highest BCUT2D eigenvalue weighted by molar-refractivity contribution is 6.33. The number of methoxy groups -OCH3 is 1. The van der Waals surface area contributed by atoms with E-state index in [2.05, 4.69) is 5.32 Å². The van der Waals surface area contributed by atoms with E-state index in [-0.39, 0.29) is 5.91 Å². The molecule has 0 saturated carbocycles. The molecule has 0 saturated heterocycles. The lowest BCUT2D eigenvalue weighted by Crippen LogP contribution is -2.32. The van der Waals surface area contributed by atoms with Crippen molar-refractivity contribution in [1.82, 2.24) is 0 Å². The SMILES string of the molecule is COc1ccc(Cl)c(NC(=O)C(C)N)c1. The van der Waals surface area contributed by atoms with Crippen molar-refractivity contribution < 1.29 is 9.53 Å². The van der Waals surface area contributed by atoms with Crippen LogP contribution in [0.4, 0.5) is 5.69 Å². The molecule has 0 bridgehead atoms. The highest BCUT2D eigenvalue weighted by Gasteiger charge is 2.10. The van der Waals surface area contributed by atoms with Gasteiger partial charge in [-0.1, -0.05) is 11.6 Å². The lowest BCUT2D eigenvalue weighted by molar-refractivity contribution is -0.117. The molecule has 1 aromatic rings. The highest BCUT2D eigenvalue weighted by Crippen LogP contribution is 2.26. The molecule has 1 unspecified atom stereocenters. The molecule has 0 heterocycles. The Balaban J connectivity index is 2.88. The first kappa shape index (κ1) is 11.8. The van der Waals surface area contributed by atoms with Crippen LogP contribution in [0.15, 0.2) is 18.2 Å². The molecule has 1 amide bonds. The Morgan fingerprint density at radius 1 is 1.60 bits per heavy atom. The van der Waals surface area contributed by atoms with E-state index in [1.807, 2.05) is 0 Å². The van der Waals surface area contributed by atoms with Crippen LogP contribution in [0, 0.1) is 0 Å². The predicted molar refractivity (Wildman–Crippen MR) is 60.3 cm³/mol. The molecule has 1 atom stereocenters. The fraction of sp³-hybridized carbons (Fsp3) is 0.300. The van der Waals surface area contributed by atoms with Crippen LogP contribution in [0.1, 0.15) is 6.92 Å². The third kappa shape index (κ3) is 3.11. The van der Waals surface area contributed by atoms with Gasteiger partial charge in [0.1, 0.15) is 5.75 Å². The normalized spacial score (nSPS) is 12.0. The van der Waals surface area contributed by atoms with Crippen LogP contribution in [0.2, 0.25) is 5.02 Å². The number of nitrogens with one attached hydrogen (secondary N) is 1. The first-order valence-corrected chi connectivity index (χ1v) is 4.82. The van der Waals surface area contributed by atoms with Crippen molar-refractivity contribution in [2.75, 3.05) is 12.4 Å². The number of benzene rings is 1. The second-order valence-electron chi connectivity index (χ2n) is 3.12. The Kier molecular flexibility index (Phi) is 3.94. The van der Waals surface area contributed by atoms with E-state index in [0.717, 1.165) is 0 Å². The molecule has 0 aromatic heterocycles. The van der Waals surface area contributed by atoms with Gasteiger partial charge in [0.15, 0.2) is 0 Å². The summed E-state index contributed by atoms with van der Waals surface area (Å²) in [5.41, 5.74) is 5.92. The minimum Gasteiger partial charge on any atom is -0.497 e. The molecule has 5 heteroatoms. The van der Waals surface area contributed by atoms with Crippen molar-refractivity contribution in [3.8, 4) is 5.75 Å². The summed E-state index contributed by atoms with van der Waals surface area (Å²) < 4.78 is 5.01. The lowest BCUT2D eigenvalue weighted by Gasteiger charge is -2.10. The largest absolute Gasteiger partial charge is 0.497 e. The molecule has 0 fully saturated rings. The Bertz CT molecular complexity index is 366. The number of halogens is 1. The Labute approximate surface area is 93.4 Å². The maximum atomic E-state index is 11.3. The molecule has 1 rings (SSSR count). The molecule has 0 aliphatic rings. The number of hydrogen-bond donors (Lipinski definition) is 2. The molecule has 0 aliphatic heterocycles. The average Bonchev–Trinajstić information content (AvgIpc) is 2.21. The van der Waals surface area contributed by atoms with Gasteiger partial charge in [0, 0.05) is 6.07 Å². The van der Waals surface area contributed by atoms with Gasteiger partial charge >= 0.3 is 0 Å². The Morgan fingerprint density at radius 3 is 2.80 bits per heavy atom. The Hall–Kier alpha value is -1.26. The number of carbonyl (C=O) groups is 1. The van der Waals surface area contributed by atoms with Gasteiger partial charge < -0.3 is 15.8 Å². The van der Waals surface area contributed by atoms with E-state index in [9.17, 15) is 4.79 Å². The molecular weight excluding hydrogens is 216 g/mol. The van der Waals surface area contributed by atoms with Crippen molar-refractivity contribution >= 4 is 23.2 Å². The maximum Gasteiger partial charge on any atom is 0.241 e. The van der Waals surface area contributed by atoms with Crippen molar-refractivity contribution in [3.05, 3.63) is 23.2 Å². The molecule has 1 aromatic carbocycles. The zero-order valence-electron chi connectivity index (χ0n) is 8.58. The summed E-state index contributed by atoms with van der Waals surface area (Å²) in [5, 5.41) is 3.06. The first-order valence-electron chi connectivity index (χ1n) is 4.44. The van der Waals surface area contributed by atoms with E-state index >= 15 is 0 Å². The van der Waals surface area contributed by atoms with Gasteiger partial charge in [-0.3, -0.25) is 4.79 Å². The van der Waals surface area contributed by atoms with Gasteiger partial charge in [-0.25, -0.2) is 0 Å². The number of amides is 1. The van der Waals surface area contributed by atoms with Crippen LogP contribution in [-0.4, -0.2) is 19.1 Å². The van der Waals surface area contributed by atoms with E-state index in [1.54, 1.807) is 32.2 Å². The van der Waals surface area contributed by atoms with Crippen LogP contribution in [0.3, 0.4) is 0 Å². The fourth-order valence-corrected chi connectivity index (χ4v) is 1.14. The predicted octanol–water partition coefficient (Wildman–Crippen LogP) is 1.63. The summed E-state index contributed by atoms with van der Waals surface area (Å²) in [4.78, 5) is 11.3. The zero-order chi connectivity index (χ0) is 11.4. The number of anilines is 1. The van der Waals surface area contributed by atoms with E-state index in [1.165, 1.54) is 0 Å². The second-order valence-corrected chi connectivity index (χ2v) is 3.53. The van der Waals surface area contributed by atoms with Gasteiger partial charge in [-0.2, -0.15) is 0 Å². The summed E-state index contributed by atoms with van der Waals surface area (Å²) in [6, 6.07) is 4.43. The maximum absolute atomic E-state index is 11.3. The molecule has 0 radical (unpaired) electrons. The number of nitrogens with two attached hydrogens (primary N) is 1. The molecule has 4 nitrogen and oxygen atoms in total. The summed E-state index contributed by atoms with van der Waals surface area (Å²) in [7, 11) is 1.54. The van der Waals surface area contributed by atoms with Crippen molar-refractivity contribution in [3.63, 3.8) is 0 Å². The standard InChI is InChI=1S/C10H13ClN2O2/c1-6(12)10(14)13-9-5-7(15-2)3-4-8(9)11/h3-6H,12H2,1-2H3,(H,13,14). The molecule has 82 valence electrons. The number of carbonyl (C=O) groups excluding carboxylic acids is 1. The minimum absolute atomic E-state index is 0.287. The Morgan fingerprint density at radius 2 is 2.27 bits per heavy atom. The smallest absolute Gasteiger partial charge is 0.241 e. The zero-order valence-corrected chi connectivity index (χ0v) is 9.34. The summed E-state index contributed by atoms with van der Waals surface area (Å²) >= 11 is 5.89. The van der Waals surface area contributed by atoms with Crippen LogP contribution >= 0.6 is 11.6 Å². The molecular formula is C10H13ClN2O2. The highest BCUT2D eigenvalue weighted by atomic mass is 35.5. The average molecular weight is 229 g/mol. The molecule has 15 heavy (non-hydrogen) atoms. The van der Waals surface area contributed by atoms with Crippen molar-refractivity contribution in [2.24, 2.45) is 5.73 Å². The lowest BCUT2D eigenvalue weighted by atomic mass is 10.2. The fourth-order valence-electron chi connectivity index (χ4n) is 0.974. The van der Waals surface area contributed by atoms with Gasteiger partial charge in [0.25, 0.3) is 0 Å². The van der Waals surface area contributed by atoms with E-state index < -0.39 is 6.04 Å². The van der Waals surface area contributed by atoms with Crippen LogP contribution < -0.4 is 15.8 Å². The summed E-state index contributed by atoms with van der Waals surface area (Å²) in [6.07, 6.45) is 0. The number of rotatable bonds is 3. The minimum atomic E-state index is -0.577. The van der Waals surface area contributed by atoms with Gasteiger partial charge in [0.05, 0.1) is 23.9 Å². The van der Waals surface area contributed by atoms with Crippen molar-refractivity contribution in [2.45, 2.75) is 13.0 Å². The molecule has 0 spiro atoms. The molecule has 0 aliphatic carbocycles. The van der Waals surface area contributed by atoms with Crippen LogP contribution in [-0.2, 0) is 4.79 Å². The van der Waals surface area contributed by atoms with Gasteiger partial charge in [0.2, 0.25) is 5.91 Å². The monoisotopic (exact) mass is 228 g/mol. The third-order valence-electron chi connectivity index (χ3n) is 1.84. The number of ether oxygens (including phenoxy) is 1. The quantitative estimate of drug-likeness (QED) is 0.827. The summed E-state index contributed by atoms with van der Waals surface area (Å²) in [6.45, 7) is 1.60. The first-order chi connectivity index (χ1) is 7.04. The molecule has 3 N–H and O–H groups in total. The van der Waals surface area contributed by atoms with Gasteiger partial charge in [-0.15, -0.1) is 0 Å². The van der Waals surface area contributed by atoms with Crippen molar-refractivity contribution in [1.29, 1.82) is 0 Å². The third-order valence-corrected chi connectivity index (χ3v) is 2.17. The van der Waals surface area contributed by atoms with Gasteiger partial charge in [-0.05, 0) is 19.1 Å². The second kappa shape index (κ2) is 5.00. The number of hydrogen-bond acceptors (Lipinski definition) is 3. The van der Waals surface area contributed by atoms with Crippen LogP contribution in [0.5, 0.6) is 5.75 Å². The van der Waals surface area contributed by atoms with E-state index in [4.69, 9.17) is 22.1 Å². The topological polar surface area (TPSA) is 64.3 Å².